The molecule has 0 fully saturated rings. The van der Waals surface area contributed by atoms with Gasteiger partial charge in [-0.15, -0.1) is 0 Å². The third-order valence-corrected chi connectivity index (χ3v) is 3.51. The number of hydrogen-bond donors (Lipinski definition) is 2. The highest BCUT2D eigenvalue weighted by Gasteiger charge is 2.14. The first kappa shape index (κ1) is 16.4. The molecule has 0 aliphatic carbocycles. The molecular weight excluding hydrogens is 323 g/mol. The Morgan fingerprint density at radius 3 is 2.56 bits per heavy atom. The normalized spacial score (nSPS) is 10.3. The molecule has 126 valence electrons. The van der Waals surface area contributed by atoms with Gasteiger partial charge in [-0.1, -0.05) is 18.2 Å². The highest BCUT2D eigenvalue weighted by Crippen LogP contribution is 2.17. The Hall–Kier alpha value is -3.41. The first-order chi connectivity index (χ1) is 12.1. The van der Waals surface area contributed by atoms with Crippen LogP contribution in [-0.4, -0.2) is 11.8 Å². The van der Waals surface area contributed by atoms with E-state index in [1.165, 1.54) is 24.5 Å². The van der Waals surface area contributed by atoms with Crippen LogP contribution in [0.4, 0.5) is 10.1 Å². The minimum Gasteiger partial charge on any atom is -0.467 e. The predicted molar refractivity (Wildman–Crippen MR) is 90.7 cm³/mol. The molecular formula is C19H15FN2O3. The second-order valence-corrected chi connectivity index (χ2v) is 5.27. The fourth-order valence-electron chi connectivity index (χ4n) is 2.29. The average Bonchev–Trinajstić information content (AvgIpc) is 3.13. The van der Waals surface area contributed by atoms with Crippen LogP contribution >= 0.6 is 0 Å². The monoisotopic (exact) mass is 338 g/mol. The number of halogens is 1. The number of amides is 2. The standard InChI is InChI=1S/C19H15FN2O3/c20-14-6-3-5-13(11-14)18(23)22-17-9-2-1-8-16(17)19(24)21-12-15-7-4-10-25-15/h1-11H,12H2,(H,21,24)(H,22,23). The van der Waals surface area contributed by atoms with E-state index in [2.05, 4.69) is 10.6 Å². The lowest BCUT2D eigenvalue weighted by Gasteiger charge is -2.11. The van der Waals surface area contributed by atoms with E-state index in [4.69, 9.17) is 4.42 Å². The van der Waals surface area contributed by atoms with E-state index < -0.39 is 11.7 Å². The lowest BCUT2D eigenvalue weighted by molar-refractivity contribution is 0.0949. The maximum atomic E-state index is 13.3. The van der Waals surface area contributed by atoms with E-state index in [-0.39, 0.29) is 18.0 Å². The van der Waals surface area contributed by atoms with E-state index in [1.807, 2.05) is 0 Å². The fourth-order valence-corrected chi connectivity index (χ4v) is 2.29. The van der Waals surface area contributed by atoms with Gasteiger partial charge in [0.15, 0.2) is 0 Å². The second-order valence-electron chi connectivity index (χ2n) is 5.27. The van der Waals surface area contributed by atoms with Crippen LogP contribution < -0.4 is 10.6 Å². The third-order valence-electron chi connectivity index (χ3n) is 3.51. The molecule has 3 aromatic rings. The van der Waals surface area contributed by atoms with Crippen LogP contribution in [0.3, 0.4) is 0 Å². The molecule has 0 spiro atoms. The summed E-state index contributed by atoms with van der Waals surface area (Å²) in [6.07, 6.45) is 1.52. The zero-order valence-corrected chi connectivity index (χ0v) is 13.2. The van der Waals surface area contributed by atoms with Crippen molar-refractivity contribution < 1.29 is 18.4 Å². The molecule has 2 N–H and O–H groups in total. The highest BCUT2D eigenvalue weighted by molar-refractivity contribution is 6.08. The van der Waals surface area contributed by atoms with Crippen molar-refractivity contribution in [3.63, 3.8) is 0 Å². The summed E-state index contributed by atoms with van der Waals surface area (Å²) < 4.78 is 18.4. The van der Waals surface area contributed by atoms with Crippen LogP contribution in [0.25, 0.3) is 0 Å². The Kier molecular flexibility index (Phi) is 4.89. The topological polar surface area (TPSA) is 71.3 Å². The number of rotatable bonds is 5. The van der Waals surface area contributed by atoms with Crippen LogP contribution in [0.2, 0.25) is 0 Å². The molecule has 3 rings (SSSR count). The summed E-state index contributed by atoms with van der Waals surface area (Å²) in [7, 11) is 0. The Balaban J connectivity index is 1.74. The van der Waals surface area contributed by atoms with Crippen LogP contribution in [0.1, 0.15) is 26.5 Å². The summed E-state index contributed by atoms with van der Waals surface area (Å²) in [6, 6.07) is 15.4. The van der Waals surface area contributed by atoms with Crippen molar-refractivity contribution in [1.29, 1.82) is 0 Å². The van der Waals surface area contributed by atoms with E-state index >= 15 is 0 Å². The van der Waals surface area contributed by atoms with Gasteiger partial charge in [0, 0.05) is 5.56 Å². The molecule has 0 atom stereocenters. The number of anilines is 1. The van der Waals surface area contributed by atoms with Crippen molar-refractivity contribution >= 4 is 17.5 Å². The molecule has 1 aromatic heterocycles. The minimum absolute atomic E-state index is 0.172. The molecule has 0 saturated carbocycles. The summed E-state index contributed by atoms with van der Waals surface area (Å²) >= 11 is 0. The molecule has 0 radical (unpaired) electrons. The van der Waals surface area contributed by atoms with Gasteiger partial charge in [0.1, 0.15) is 11.6 Å². The Morgan fingerprint density at radius 2 is 1.80 bits per heavy atom. The largest absolute Gasteiger partial charge is 0.467 e. The Labute approximate surface area is 143 Å². The third kappa shape index (κ3) is 4.11. The molecule has 5 nitrogen and oxygen atoms in total. The lowest BCUT2D eigenvalue weighted by Crippen LogP contribution is -2.24. The minimum atomic E-state index is -0.503. The number of carbonyl (C=O) groups excluding carboxylic acids is 2. The number of carbonyl (C=O) groups is 2. The van der Waals surface area contributed by atoms with Gasteiger partial charge in [-0.05, 0) is 42.5 Å². The first-order valence-corrected chi connectivity index (χ1v) is 7.60. The predicted octanol–water partition coefficient (Wildman–Crippen LogP) is 3.60. The summed E-state index contributed by atoms with van der Waals surface area (Å²) in [4.78, 5) is 24.6. The van der Waals surface area contributed by atoms with E-state index in [1.54, 1.807) is 36.4 Å². The van der Waals surface area contributed by atoms with E-state index in [9.17, 15) is 14.0 Å². The molecule has 0 aliphatic rings. The van der Waals surface area contributed by atoms with Gasteiger partial charge in [-0.2, -0.15) is 0 Å². The van der Waals surface area contributed by atoms with Crippen molar-refractivity contribution in [3.05, 3.63) is 89.6 Å². The van der Waals surface area contributed by atoms with Gasteiger partial charge < -0.3 is 15.1 Å². The molecule has 2 amide bonds. The molecule has 1 heterocycles. The van der Waals surface area contributed by atoms with Gasteiger partial charge in [-0.3, -0.25) is 9.59 Å². The van der Waals surface area contributed by atoms with Gasteiger partial charge in [0.05, 0.1) is 24.1 Å². The Morgan fingerprint density at radius 1 is 0.960 bits per heavy atom. The zero-order valence-electron chi connectivity index (χ0n) is 13.2. The zero-order chi connectivity index (χ0) is 17.6. The summed E-state index contributed by atoms with van der Waals surface area (Å²) in [5.41, 5.74) is 0.818. The molecule has 0 unspecified atom stereocenters. The van der Waals surface area contributed by atoms with Crippen molar-refractivity contribution in [2.75, 3.05) is 5.32 Å². The van der Waals surface area contributed by atoms with E-state index in [0.717, 1.165) is 6.07 Å². The highest BCUT2D eigenvalue weighted by atomic mass is 19.1. The fraction of sp³-hybridized carbons (Fsp3) is 0.0526. The number of para-hydroxylation sites is 1. The maximum absolute atomic E-state index is 13.3. The van der Waals surface area contributed by atoms with Crippen molar-refractivity contribution in [3.8, 4) is 0 Å². The summed E-state index contributed by atoms with van der Waals surface area (Å²) in [5.74, 6) is -0.732. The number of furan rings is 1. The number of nitrogens with one attached hydrogen (secondary N) is 2. The van der Waals surface area contributed by atoms with Crippen LogP contribution in [-0.2, 0) is 6.54 Å². The molecule has 25 heavy (non-hydrogen) atoms. The Bertz CT molecular complexity index is 891. The first-order valence-electron chi connectivity index (χ1n) is 7.60. The van der Waals surface area contributed by atoms with Gasteiger partial charge in [0.2, 0.25) is 0 Å². The molecule has 6 heteroatoms. The maximum Gasteiger partial charge on any atom is 0.255 e. The van der Waals surface area contributed by atoms with Crippen LogP contribution in [0, 0.1) is 5.82 Å². The lowest BCUT2D eigenvalue weighted by atomic mass is 10.1. The summed E-state index contributed by atoms with van der Waals surface area (Å²) in [5, 5.41) is 5.36. The van der Waals surface area contributed by atoms with E-state index in [0.29, 0.717) is 17.0 Å². The van der Waals surface area contributed by atoms with Crippen LogP contribution in [0.5, 0.6) is 0 Å². The van der Waals surface area contributed by atoms with Gasteiger partial charge in [0.25, 0.3) is 11.8 Å². The molecule has 0 bridgehead atoms. The van der Waals surface area contributed by atoms with Gasteiger partial charge >= 0.3 is 0 Å². The summed E-state index contributed by atoms with van der Waals surface area (Å²) in [6.45, 7) is 0.234. The SMILES string of the molecule is O=C(Nc1ccccc1C(=O)NCc1ccco1)c1cccc(F)c1. The molecule has 2 aromatic carbocycles. The van der Waals surface area contributed by atoms with Crippen molar-refractivity contribution in [1.82, 2.24) is 5.32 Å². The van der Waals surface area contributed by atoms with Crippen molar-refractivity contribution in [2.45, 2.75) is 6.54 Å². The number of hydrogen-bond acceptors (Lipinski definition) is 3. The number of benzene rings is 2. The van der Waals surface area contributed by atoms with Gasteiger partial charge in [-0.25, -0.2) is 4.39 Å². The smallest absolute Gasteiger partial charge is 0.255 e. The van der Waals surface area contributed by atoms with Crippen molar-refractivity contribution in [2.24, 2.45) is 0 Å². The molecule has 0 saturated heterocycles. The van der Waals surface area contributed by atoms with Crippen LogP contribution in [0.15, 0.2) is 71.3 Å². The molecule has 0 aliphatic heterocycles. The quantitative estimate of drug-likeness (QED) is 0.747. The second kappa shape index (κ2) is 7.44. The average molecular weight is 338 g/mol.